The van der Waals surface area contributed by atoms with E-state index in [4.69, 9.17) is 18.9 Å². The SMILES string of the molecule is CCOC(=O)c1cn(C)c2ncc(-c3cnc4c(c3N3CCN[C@@H](C(F)(F)F)C3)-c3c(F)c(F)cc(N(C)C(=O)OC(C)(C)C)c3C4)cc2c1=O.CCOC(=O)c1cn(C)c2ncc(-c3cnc4c(c3N3CCN[C@H](C(F)(F)F)C3)-c3c(F)c(F)cc(N(C)C(=O)OC(C)(C)C)c3C4)cc2c1=O. The number of carbonyl (C=O) groups is 4. The lowest BCUT2D eigenvalue weighted by atomic mass is 9.96. The Bertz CT molecular complexity index is 4590. The molecule has 2 fully saturated rings. The van der Waals surface area contributed by atoms with Gasteiger partial charge in [-0.15, -0.1) is 0 Å². The lowest BCUT2D eigenvalue weighted by Crippen LogP contribution is -2.57. The van der Waals surface area contributed by atoms with Gasteiger partial charge in [0, 0.05) is 174 Å². The van der Waals surface area contributed by atoms with Crippen LogP contribution in [0.1, 0.15) is 98.6 Å². The van der Waals surface area contributed by atoms with Crippen LogP contribution in [0, 0.1) is 23.3 Å². The minimum Gasteiger partial charge on any atom is -0.462 e. The van der Waals surface area contributed by atoms with E-state index in [2.05, 4.69) is 30.6 Å². The van der Waals surface area contributed by atoms with E-state index < -0.39 is 107 Å². The monoisotopic (exact) mass is 1430 g/mol. The Balaban J connectivity index is 0.000000205. The van der Waals surface area contributed by atoms with Crippen molar-refractivity contribution in [3.63, 3.8) is 0 Å². The fourth-order valence-corrected chi connectivity index (χ4v) is 13.0. The number of ether oxygens (including phenoxy) is 4. The summed E-state index contributed by atoms with van der Waals surface area (Å²) >= 11 is 0. The predicted octanol–water partition coefficient (Wildman–Crippen LogP) is 11.5. The van der Waals surface area contributed by atoms with Crippen molar-refractivity contribution in [1.29, 1.82) is 0 Å². The fourth-order valence-electron chi connectivity index (χ4n) is 13.0. The van der Waals surface area contributed by atoms with Gasteiger partial charge in [-0.1, -0.05) is 0 Å². The van der Waals surface area contributed by atoms with E-state index in [0.29, 0.717) is 0 Å². The lowest BCUT2D eigenvalue weighted by Gasteiger charge is -2.38. The topological polar surface area (TPSA) is 238 Å². The summed E-state index contributed by atoms with van der Waals surface area (Å²) in [6.07, 6.45) is -2.92. The molecule has 0 radical (unpaired) electrons. The van der Waals surface area contributed by atoms with Crippen LogP contribution in [-0.2, 0) is 45.9 Å². The Morgan fingerprint density at radius 1 is 0.549 bits per heavy atom. The molecule has 2 aliphatic heterocycles. The molecule has 0 spiro atoms. The number of halogens is 10. The van der Waals surface area contributed by atoms with E-state index in [-0.39, 0.29) is 175 Å². The van der Waals surface area contributed by atoms with Crippen molar-refractivity contribution >= 4 is 68.9 Å². The third-order valence-corrected chi connectivity index (χ3v) is 17.5. The standard InChI is InChI=1S/2C35H35F5N6O5/c2*1-7-50-32(48)21-15-44(5)31-19(30(21)47)10-17(13-43-31)20-14-42-23-11-18-24(45(6)33(49)51-34(2,3)4)12-22(36)28(37)26(18)27(23)29(20)46-9-8-41-25(16-46)35(38,39)40/h2*10,12-15,25,41H,7-9,11,16H2,1-6H3/t2*25-/m10/s1. The Morgan fingerprint density at radius 3 is 1.25 bits per heavy atom. The molecule has 8 aromatic rings. The van der Waals surface area contributed by atoms with Crippen LogP contribution < -0.4 is 41.1 Å². The number of carbonyl (C=O) groups excluding carboxylic acids is 4. The van der Waals surface area contributed by atoms with Gasteiger partial charge in [0.1, 0.15) is 45.7 Å². The second kappa shape index (κ2) is 27.3. The lowest BCUT2D eigenvalue weighted by molar-refractivity contribution is -0.156. The zero-order chi connectivity index (χ0) is 74.3. The fraction of sp³-hybridized carbons (Fsp3) is 0.400. The molecular weight excluding hydrogens is 1360 g/mol. The maximum absolute atomic E-state index is 16.1. The third kappa shape index (κ3) is 13.9. The maximum atomic E-state index is 16.1. The molecule has 12 rings (SSSR count). The number of aryl methyl sites for hydroxylation is 2. The molecule has 102 heavy (non-hydrogen) atoms. The smallest absolute Gasteiger partial charge is 0.414 e. The van der Waals surface area contributed by atoms with Gasteiger partial charge in [0.05, 0.1) is 58.1 Å². The first kappa shape index (κ1) is 73.0. The van der Waals surface area contributed by atoms with Gasteiger partial charge in [-0.25, -0.2) is 46.7 Å². The van der Waals surface area contributed by atoms with E-state index in [1.54, 1.807) is 69.5 Å². The van der Waals surface area contributed by atoms with Crippen molar-refractivity contribution in [3.05, 3.63) is 139 Å². The van der Waals surface area contributed by atoms with Crippen molar-refractivity contribution in [1.82, 2.24) is 39.7 Å². The Hall–Kier alpha value is -10.2. The van der Waals surface area contributed by atoms with Crippen molar-refractivity contribution in [2.75, 3.05) is 86.2 Å². The van der Waals surface area contributed by atoms with E-state index in [9.17, 15) is 55.1 Å². The summed E-state index contributed by atoms with van der Waals surface area (Å²) in [4.78, 5) is 101. The summed E-state index contributed by atoms with van der Waals surface area (Å²) in [5.74, 6) is -6.80. The summed E-state index contributed by atoms with van der Waals surface area (Å²) in [6, 6.07) is 0.707. The third-order valence-electron chi connectivity index (χ3n) is 17.5. The number of alkyl halides is 6. The summed E-state index contributed by atoms with van der Waals surface area (Å²) in [7, 11) is 5.86. The Labute approximate surface area is 576 Å². The van der Waals surface area contributed by atoms with Crippen LogP contribution >= 0.6 is 0 Å². The van der Waals surface area contributed by atoms with Crippen LogP contribution in [0.25, 0.3) is 66.6 Å². The number of anilines is 4. The van der Waals surface area contributed by atoms with Crippen LogP contribution in [0.4, 0.5) is 76.2 Å². The first-order chi connectivity index (χ1) is 47.8. The number of nitrogens with one attached hydrogen (secondary N) is 2. The van der Waals surface area contributed by atoms with Gasteiger partial charge in [0.25, 0.3) is 0 Å². The van der Waals surface area contributed by atoms with Gasteiger partial charge in [0.2, 0.25) is 10.9 Å². The first-order valence-corrected chi connectivity index (χ1v) is 32.3. The highest BCUT2D eigenvalue weighted by Crippen LogP contribution is 2.53. The first-order valence-electron chi connectivity index (χ1n) is 32.3. The number of fused-ring (bicyclic) bond motifs is 8. The van der Waals surface area contributed by atoms with E-state index in [1.165, 1.54) is 82.3 Å². The number of esters is 2. The van der Waals surface area contributed by atoms with Crippen LogP contribution in [0.2, 0.25) is 0 Å². The molecule has 2 amide bonds. The molecule has 2 aliphatic carbocycles. The molecule has 2 atom stereocenters. The summed E-state index contributed by atoms with van der Waals surface area (Å²) in [6.45, 7) is 11.9. The van der Waals surface area contributed by atoms with Gasteiger partial charge >= 0.3 is 36.5 Å². The zero-order valence-electron chi connectivity index (χ0n) is 57.3. The van der Waals surface area contributed by atoms with Gasteiger partial charge in [-0.05, 0) is 78.6 Å². The molecule has 32 heteroatoms. The average molecular weight is 1430 g/mol. The molecule has 0 unspecified atom stereocenters. The van der Waals surface area contributed by atoms with Gasteiger partial charge in [-0.3, -0.25) is 29.4 Å². The summed E-state index contributed by atoms with van der Waals surface area (Å²) in [5, 5.41) is 4.97. The highest BCUT2D eigenvalue weighted by Gasteiger charge is 2.46. The average Bonchev–Trinajstić information content (AvgIpc) is 1.42. The molecule has 0 saturated carbocycles. The predicted molar refractivity (Wildman–Crippen MR) is 358 cm³/mol. The normalized spacial score (nSPS) is 15.8. The highest BCUT2D eigenvalue weighted by molar-refractivity contribution is 6.03. The number of amides is 2. The van der Waals surface area contributed by atoms with Crippen LogP contribution in [-0.4, -0.2) is 155 Å². The number of rotatable bonds is 10. The van der Waals surface area contributed by atoms with Crippen molar-refractivity contribution in [3.8, 4) is 44.5 Å². The second-order valence-corrected chi connectivity index (χ2v) is 26.8. The Morgan fingerprint density at radius 2 is 0.912 bits per heavy atom. The number of aromatic nitrogens is 6. The van der Waals surface area contributed by atoms with Crippen LogP contribution in [0.15, 0.2) is 71.0 Å². The van der Waals surface area contributed by atoms with Gasteiger partial charge in [-0.2, -0.15) is 26.3 Å². The molecule has 0 bridgehead atoms. The van der Waals surface area contributed by atoms with Gasteiger partial charge in [0.15, 0.2) is 23.3 Å². The van der Waals surface area contributed by atoms with Crippen molar-refractivity contribution in [2.45, 2.75) is 104 Å². The molecule has 22 nitrogen and oxygen atoms in total. The quantitative estimate of drug-likeness (QED) is 0.0735. The largest absolute Gasteiger partial charge is 0.462 e. The molecule has 4 aliphatic rings. The van der Waals surface area contributed by atoms with Crippen LogP contribution in [0.5, 0.6) is 0 Å². The number of nitrogens with zero attached hydrogens (tertiary/aromatic N) is 10. The number of hydrogen-bond acceptors (Lipinski definition) is 18. The summed E-state index contributed by atoms with van der Waals surface area (Å²) < 4.78 is 172. The second-order valence-electron chi connectivity index (χ2n) is 26.8. The highest BCUT2D eigenvalue weighted by atomic mass is 19.4. The van der Waals surface area contributed by atoms with E-state index in [0.717, 1.165) is 21.9 Å². The number of benzene rings is 2. The summed E-state index contributed by atoms with van der Waals surface area (Å²) in [5.41, 5.74) is -1.73. The molecule has 6 aromatic heterocycles. The minimum absolute atomic E-state index is 0.000470. The maximum Gasteiger partial charge on any atom is 0.414 e. The van der Waals surface area contributed by atoms with E-state index >= 15 is 17.6 Å². The van der Waals surface area contributed by atoms with E-state index in [1.807, 2.05) is 0 Å². The molecule has 2 saturated heterocycles. The zero-order valence-corrected chi connectivity index (χ0v) is 57.3. The number of pyridine rings is 6. The van der Waals surface area contributed by atoms with Gasteiger partial charge < -0.3 is 48.5 Å². The molecule has 2 aromatic carbocycles. The minimum atomic E-state index is -4.63. The molecule has 540 valence electrons. The molecule has 2 N–H and O–H groups in total. The molecule has 8 heterocycles. The number of hydrogen-bond donors (Lipinski definition) is 2. The number of piperazine rings is 2. The Kier molecular flexibility index (Phi) is 19.5. The van der Waals surface area contributed by atoms with Crippen LogP contribution in [0.3, 0.4) is 0 Å². The van der Waals surface area contributed by atoms with Crippen molar-refractivity contribution in [2.24, 2.45) is 14.1 Å². The van der Waals surface area contributed by atoms with Crippen molar-refractivity contribution < 1.29 is 82.0 Å². The molecular formula is C70H70F10N12O10.